The monoisotopic (exact) mass is 308 g/mol. The fourth-order valence-corrected chi connectivity index (χ4v) is 2.54. The van der Waals surface area contributed by atoms with Crippen molar-refractivity contribution in [2.45, 2.75) is 20.0 Å². The van der Waals surface area contributed by atoms with E-state index in [-0.39, 0.29) is 6.61 Å². The highest BCUT2D eigenvalue weighted by Crippen LogP contribution is 2.25. The molecule has 23 heavy (non-hydrogen) atoms. The van der Waals surface area contributed by atoms with Crippen LogP contribution in [0, 0.1) is 0 Å². The average Bonchev–Trinajstić information content (AvgIpc) is 3.06. The van der Waals surface area contributed by atoms with Crippen LogP contribution in [0.1, 0.15) is 18.2 Å². The van der Waals surface area contributed by atoms with Crippen molar-refractivity contribution in [3.8, 4) is 22.7 Å². The van der Waals surface area contributed by atoms with Gasteiger partial charge in [0.05, 0.1) is 30.8 Å². The number of hydrogen-bond donors (Lipinski definition) is 1. The highest BCUT2D eigenvalue weighted by molar-refractivity contribution is 5.63. The molecule has 1 N–H and O–H groups in total. The van der Waals surface area contributed by atoms with Crippen molar-refractivity contribution in [3.05, 3.63) is 65.9 Å². The van der Waals surface area contributed by atoms with Gasteiger partial charge >= 0.3 is 0 Å². The molecule has 0 aliphatic heterocycles. The predicted octanol–water partition coefficient (Wildman–Crippen LogP) is 3.60. The summed E-state index contributed by atoms with van der Waals surface area (Å²) >= 11 is 0. The highest BCUT2D eigenvalue weighted by atomic mass is 16.5. The Labute approximate surface area is 136 Å². The third kappa shape index (κ3) is 3.12. The van der Waals surface area contributed by atoms with Gasteiger partial charge in [-0.15, -0.1) is 0 Å². The molecular formula is C19H20N2O2. The molecule has 0 bridgehead atoms. The standard InChI is InChI=1S/C19H20N2O2/c1-3-14-4-6-15(7-5-14)19-12-16(13-22)20-21(19)17-8-10-18(23-2)11-9-17/h4-12,22H,3,13H2,1-2H3. The minimum Gasteiger partial charge on any atom is -0.497 e. The first-order valence-electron chi connectivity index (χ1n) is 7.68. The van der Waals surface area contributed by atoms with Crippen molar-refractivity contribution >= 4 is 0 Å². The van der Waals surface area contributed by atoms with E-state index in [1.807, 2.05) is 35.0 Å². The molecule has 0 saturated heterocycles. The molecule has 4 nitrogen and oxygen atoms in total. The predicted molar refractivity (Wildman–Crippen MR) is 90.9 cm³/mol. The number of aryl methyl sites for hydroxylation is 1. The lowest BCUT2D eigenvalue weighted by atomic mass is 10.1. The molecule has 2 aromatic carbocycles. The molecule has 3 aromatic rings. The summed E-state index contributed by atoms with van der Waals surface area (Å²) in [5.74, 6) is 0.803. The SMILES string of the molecule is CCc1ccc(-c2cc(CO)nn2-c2ccc(OC)cc2)cc1. The highest BCUT2D eigenvalue weighted by Gasteiger charge is 2.11. The Hall–Kier alpha value is -2.59. The normalized spacial score (nSPS) is 10.7. The molecule has 0 radical (unpaired) electrons. The second kappa shape index (κ2) is 6.67. The lowest BCUT2D eigenvalue weighted by molar-refractivity contribution is 0.276. The maximum absolute atomic E-state index is 9.44. The Morgan fingerprint density at radius 3 is 2.30 bits per heavy atom. The van der Waals surface area contributed by atoms with E-state index in [2.05, 4.69) is 36.3 Å². The van der Waals surface area contributed by atoms with Crippen LogP contribution >= 0.6 is 0 Å². The van der Waals surface area contributed by atoms with E-state index in [1.54, 1.807) is 7.11 Å². The van der Waals surface area contributed by atoms with Crippen LogP contribution in [0.25, 0.3) is 16.9 Å². The van der Waals surface area contributed by atoms with Crippen LogP contribution < -0.4 is 4.74 Å². The number of benzene rings is 2. The molecular weight excluding hydrogens is 288 g/mol. The van der Waals surface area contributed by atoms with Gasteiger partial charge in [0.2, 0.25) is 0 Å². The summed E-state index contributed by atoms with van der Waals surface area (Å²) in [5.41, 5.74) is 4.91. The number of nitrogens with zero attached hydrogens (tertiary/aromatic N) is 2. The Morgan fingerprint density at radius 2 is 1.74 bits per heavy atom. The Morgan fingerprint density at radius 1 is 1.04 bits per heavy atom. The summed E-state index contributed by atoms with van der Waals surface area (Å²) in [6.07, 6.45) is 1.01. The minimum absolute atomic E-state index is 0.0802. The summed E-state index contributed by atoms with van der Waals surface area (Å²) in [6, 6.07) is 18.1. The van der Waals surface area contributed by atoms with Gasteiger partial charge in [0.15, 0.2) is 0 Å². The van der Waals surface area contributed by atoms with Crippen molar-refractivity contribution in [1.82, 2.24) is 9.78 Å². The molecule has 0 saturated carbocycles. The minimum atomic E-state index is -0.0802. The van der Waals surface area contributed by atoms with Crippen molar-refractivity contribution in [2.24, 2.45) is 0 Å². The lowest BCUT2D eigenvalue weighted by Crippen LogP contribution is -2.00. The molecule has 0 atom stereocenters. The van der Waals surface area contributed by atoms with Crippen LogP contribution in [0.15, 0.2) is 54.6 Å². The van der Waals surface area contributed by atoms with Crippen molar-refractivity contribution in [1.29, 1.82) is 0 Å². The van der Waals surface area contributed by atoms with Gasteiger partial charge in [0.1, 0.15) is 5.75 Å². The Bertz CT molecular complexity index is 709. The molecule has 0 aliphatic rings. The van der Waals surface area contributed by atoms with Gasteiger partial charge in [-0.2, -0.15) is 5.10 Å². The largest absolute Gasteiger partial charge is 0.497 e. The summed E-state index contributed by atoms with van der Waals surface area (Å²) in [6.45, 7) is 2.06. The van der Waals surface area contributed by atoms with E-state index in [1.165, 1.54) is 5.56 Å². The zero-order chi connectivity index (χ0) is 16.2. The van der Waals surface area contributed by atoms with Crippen LogP contribution in [0.4, 0.5) is 0 Å². The fourth-order valence-electron chi connectivity index (χ4n) is 2.54. The molecule has 0 aliphatic carbocycles. The number of aliphatic hydroxyl groups is 1. The Kier molecular flexibility index (Phi) is 4.44. The van der Waals surface area contributed by atoms with Gasteiger partial charge in [0.25, 0.3) is 0 Å². The Balaban J connectivity index is 2.06. The molecule has 0 amide bonds. The second-order valence-corrected chi connectivity index (χ2v) is 5.34. The summed E-state index contributed by atoms with van der Waals surface area (Å²) in [7, 11) is 1.65. The zero-order valence-electron chi connectivity index (χ0n) is 13.4. The molecule has 4 heteroatoms. The van der Waals surface area contributed by atoms with Gasteiger partial charge in [-0.25, -0.2) is 4.68 Å². The topological polar surface area (TPSA) is 47.3 Å². The van der Waals surface area contributed by atoms with E-state index in [9.17, 15) is 5.11 Å². The average molecular weight is 308 g/mol. The van der Waals surface area contributed by atoms with Gasteiger partial charge in [-0.1, -0.05) is 31.2 Å². The van der Waals surface area contributed by atoms with Crippen LogP contribution in [0.3, 0.4) is 0 Å². The maximum Gasteiger partial charge on any atom is 0.119 e. The molecule has 1 heterocycles. The molecule has 0 spiro atoms. The number of aliphatic hydroxyl groups excluding tert-OH is 1. The fraction of sp³-hybridized carbons (Fsp3) is 0.211. The van der Waals surface area contributed by atoms with Gasteiger partial charge in [-0.05, 0) is 42.3 Å². The number of aromatic nitrogens is 2. The molecule has 1 aromatic heterocycles. The number of rotatable bonds is 5. The first-order valence-corrected chi connectivity index (χ1v) is 7.68. The van der Waals surface area contributed by atoms with E-state index in [0.29, 0.717) is 5.69 Å². The van der Waals surface area contributed by atoms with E-state index in [0.717, 1.165) is 29.1 Å². The number of ether oxygens (including phenoxy) is 1. The maximum atomic E-state index is 9.44. The number of hydrogen-bond acceptors (Lipinski definition) is 3. The first kappa shape index (κ1) is 15.3. The van der Waals surface area contributed by atoms with Crippen molar-refractivity contribution < 1.29 is 9.84 Å². The van der Waals surface area contributed by atoms with Crippen LogP contribution in [0.2, 0.25) is 0 Å². The van der Waals surface area contributed by atoms with Crippen LogP contribution in [-0.4, -0.2) is 22.0 Å². The van der Waals surface area contributed by atoms with E-state index < -0.39 is 0 Å². The third-order valence-electron chi connectivity index (χ3n) is 3.90. The van der Waals surface area contributed by atoms with Crippen LogP contribution in [-0.2, 0) is 13.0 Å². The smallest absolute Gasteiger partial charge is 0.119 e. The summed E-state index contributed by atoms with van der Waals surface area (Å²) in [4.78, 5) is 0. The first-order chi connectivity index (χ1) is 11.2. The number of methoxy groups -OCH3 is 1. The van der Waals surface area contributed by atoms with Gasteiger partial charge in [-0.3, -0.25) is 0 Å². The van der Waals surface area contributed by atoms with Gasteiger partial charge in [0, 0.05) is 5.56 Å². The summed E-state index contributed by atoms with van der Waals surface area (Å²) < 4.78 is 7.06. The quantitative estimate of drug-likeness (QED) is 0.783. The zero-order valence-corrected chi connectivity index (χ0v) is 13.4. The van der Waals surface area contributed by atoms with Crippen molar-refractivity contribution in [3.63, 3.8) is 0 Å². The van der Waals surface area contributed by atoms with Crippen LogP contribution in [0.5, 0.6) is 5.75 Å². The molecule has 118 valence electrons. The second-order valence-electron chi connectivity index (χ2n) is 5.34. The summed E-state index contributed by atoms with van der Waals surface area (Å²) in [5, 5.41) is 13.9. The van der Waals surface area contributed by atoms with Crippen molar-refractivity contribution in [2.75, 3.05) is 7.11 Å². The van der Waals surface area contributed by atoms with E-state index in [4.69, 9.17) is 4.74 Å². The third-order valence-corrected chi connectivity index (χ3v) is 3.90. The molecule has 3 rings (SSSR count). The lowest BCUT2D eigenvalue weighted by Gasteiger charge is -2.09. The molecule has 0 unspecified atom stereocenters. The van der Waals surface area contributed by atoms with Gasteiger partial charge < -0.3 is 9.84 Å². The molecule has 0 fully saturated rings. The van der Waals surface area contributed by atoms with E-state index >= 15 is 0 Å².